The van der Waals surface area contributed by atoms with Crippen molar-refractivity contribution in [3.8, 4) is 0 Å². The first-order valence-electron chi connectivity index (χ1n) is 5.77. The smallest absolute Gasteiger partial charge is 0.195 e. The summed E-state index contributed by atoms with van der Waals surface area (Å²) >= 11 is 3.36. The van der Waals surface area contributed by atoms with Crippen LogP contribution >= 0.6 is 15.9 Å². The average molecular weight is 349 g/mol. The van der Waals surface area contributed by atoms with E-state index in [1.807, 2.05) is 12.1 Å². The lowest BCUT2D eigenvalue weighted by atomic mass is 10.2. The highest BCUT2D eigenvalue weighted by molar-refractivity contribution is 9.10. The van der Waals surface area contributed by atoms with Crippen LogP contribution in [0.25, 0.3) is 0 Å². The molecule has 3 nitrogen and oxygen atoms in total. The molecule has 1 aromatic carbocycles. The molecule has 0 spiro atoms. The van der Waals surface area contributed by atoms with E-state index in [0.717, 1.165) is 4.47 Å². The van der Waals surface area contributed by atoms with Crippen LogP contribution in [0.4, 0.5) is 0 Å². The Labute approximate surface area is 120 Å². The zero-order valence-electron chi connectivity index (χ0n) is 11.5. The summed E-state index contributed by atoms with van der Waals surface area (Å²) in [6.45, 7) is 10.6. The van der Waals surface area contributed by atoms with Crippen molar-refractivity contribution in [3.05, 3.63) is 28.7 Å². The molecule has 0 aliphatic heterocycles. The lowest BCUT2D eigenvalue weighted by Crippen LogP contribution is -2.37. The van der Waals surface area contributed by atoms with Gasteiger partial charge in [0.05, 0.1) is 4.90 Å². The Kier molecular flexibility index (Phi) is 4.48. The van der Waals surface area contributed by atoms with Crippen molar-refractivity contribution in [2.75, 3.05) is 0 Å². The summed E-state index contributed by atoms with van der Waals surface area (Å²) in [5.41, 5.74) is 0. The van der Waals surface area contributed by atoms with E-state index >= 15 is 0 Å². The van der Waals surface area contributed by atoms with Gasteiger partial charge in [0.2, 0.25) is 0 Å². The number of nitrogens with zero attached hydrogens (tertiary/aromatic N) is 1. The number of benzene rings is 1. The second-order valence-electron chi connectivity index (χ2n) is 5.93. The van der Waals surface area contributed by atoms with Gasteiger partial charge in [0, 0.05) is 4.47 Å². The van der Waals surface area contributed by atoms with Crippen LogP contribution in [0.5, 0.6) is 0 Å². The molecule has 0 heterocycles. The van der Waals surface area contributed by atoms with E-state index in [-0.39, 0.29) is 5.04 Å². The summed E-state index contributed by atoms with van der Waals surface area (Å²) in [6, 6.07) is 7.25. The van der Waals surface area contributed by atoms with Crippen LogP contribution in [-0.4, -0.2) is 12.4 Å². The molecular weight excluding hydrogens is 328 g/mol. The van der Waals surface area contributed by atoms with Gasteiger partial charge in [-0.1, -0.05) is 42.8 Å². The van der Waals surface area contributed by atoms with Crippen molar-refractivity contribution in [2.45, 2.75) is 43.8 Å². The first kappa shape index (κ1) is 15.9. The summed E-state index contributed by atoms with van der Waals surface area (Å²) in [6.07, 6.45) is 0. The van der Waals surface area contributed by atoms with Gasteiger partial charge >= 0.3 is 0 Å². The van der Waals surface area contributed by atoms with E-state index in [1.165, 1.54) is 0 Å². The van der Waals surface area contributed by atoms with Gasteiger partial charge in [-0.25, -0.2) is 9.35 Å². The van der Waals surface area contributed by atoms with E-state index < -0.39 is 18.2 Å². The van der Waals surface area contributed by atoms with Gasteiger partial charge in [0.1, 0.15) is 9.92 Å². The molecule has 0 bridgehead atoms. The fraction of sp³-hybridized carbons (Fsp3) is 0.500. The maximum atomic E-state index is 12.6. The Morgan fingerprint density at radius 3 is 2.33 bits per heavy atom. The average Bonchev–Trinajstić information content (AvgIpc) is 2.14. The molecule has 0 fully saturated rings. The molecule has 0 radical (unpaired) electrons. The largest absolute Gasteiger partial charge is 0.261 e. The highest BCUT2D eigenvalue weighted by Gasteiger charge is 2.37. The second kappa shape index (κ2) is 5.07. The van der Waals surface area contributed by atoms with Gasteiger partial charge in [-0.3, -0.25) is 4.03 Å². The van der Waals surface area contributed by atoms with E-state index in [4.69, 9.17) is 5.14 Å². The lowest BCUT2D eigenvalue weighted by Gasteiger charge is -2.32. The minimum atomic E-state index is -2.82. The SMILES string of the molecule is CC(C)(C)[Si](C)(C)N=S(N)(=O)c1cccc(Br)c1. The number of hydrogen-bond acceptors (Lipinski definition) is 2. The van der Waals surface area contributed by atoms with Crippen LogP contribution in [0.2, 0.25) is 18.1 Å². The van der Waals surface area contributed by atoms with Crippen molar-refractivity contribution < 1.29 is 4.21 Å². The summed E-state index contributed by atoms with van der Waals surface area (Å²) in [4.78, 5) is 0.585. The van der Waals surface area contributed by atoms with Crippen molar-refractivity contribution >= 4 is 34.1 Å². The molecule has 102 valence electrons. The molecule has 0 aliphatic carbocycles. The third-order valence-corrected chi connectivity index (χ3v) is 11.3. The van der Waals surface area contributed by atoms with Gasteiger partial charge < -0.3 is 0 Å². The van der Waals surface area contributed by atoms with Gasteiger partial charge in [-0.2, -0.15) is 0 Å². The van der Waals surface area contributed by atoms with E-state index in [2.05, 4.69) is 53.8 Å². The Morgan fingerprint density at radius 1 is 1.33 bits per heavy atom. The molecule has 2 N–H and O–H groups in total. The molecular formula is C12H21BrN2OSSi. The summed E-state index contributed by atoms with van der Waals surface area (Å²) in [5, 5.41) is 5.99. The van der Waals surface area contributed by atoms with E-state index in [1.54, 1.807) is 12.1 Å². The fourth-order valence-electron chi connectivity index (χ4n) is 1.18. The third kappa shape index (κ3) is 3.66. The predicted octanol–water partition coefficient (Wildman–Crippen LogP) is 4.15. The highest BCUT2D eigenvalue weighted by Crippen LogP contribution is 2.37. The van der Waals surface area contributed by atoms with Crippen LogP contribution in [-0.2, 0) is 9.92 Å². The zero-order chi connectivity index (χ0) is 14.2. The molecule has 18 heavy (non-hydrogen) atoms. The van der Waals surface area contributed by atoms with Crippen molar-refractivity contribution in [1.82, 2.24) is 0 Å². The topological polar surface area (TPSA) is 55.4 Å². The molecule has 0 aliphatic rings. The Morgan fingerprint density at radius 2 is 1.89 bits per heavy atom. The molecule has 0 amide bonds. The molecule has 0 aromatic heterocycles. The summed E-state index contributed by atoms with van der Waals surface area (Å²) in [5.74, 6) is 0. The molecule has 1 aromatic rings. The van der Waals surface area contributed by atoms with Gasteiger partial charge in [0.25, 0.3) is 0 Å². The monoisotopic (exact) mass is 348 g/mol. The Balaban J connectivity index is 3.35. The van der Waals surface area contributed by atoms with Gasteiger partial charge in [0.15, 0.2) is 8.24 Å². The lowest BCUT2D eigenvalue weighted by molar-refractivity contribution is 0.675. The molecule has 1 unspecified atom stereocenters. The van der Waals surface area contributed by atoms with Crippen molar-refractivity contribution in [2.24, 2.45) is 9.17 Å². The normalized spacial score (nSPS) is 16.2. The standard InChI is InChI=1S/C12H21BrN2OSSi/c1-12(2,3)18(4,5)15-17(14,16)11-8-6-7-10(13)9-11/h6-9H,1-5H3,(H2,14,15,16). The van der Waals surface area contributed by atoms with Crippen LogP contribution < -0.4 is 5.14 Å². The highest BCUT2D eigenvalue weighted by atomic mass is 79.9. The second-order valence-corrected chi connectivity index (χ2v) is 13.8. The predicted molar refractivity (Wildman–Crippen MR) is 84.4 cm³/mol. The van der Waals surface area contributed by atoms with Crippen molar-refractivity contribution in [1.29, 1.82) is 0 Å². The molecule has 0 saturated heterocycles. The Hall–Kier alpha value is -0.173. The first-order chi connectivity index (χ1) is 7.96. The zero-order valence-corrected chi connectivity index (χ0v) is 14.9. The molecule has 1 rings (SSSR count). The number of rotatable bonds is 2. The molecule has 6 heteroatoms. The van der Waals surface area contributed by atoms with Crippen LogP contribution in [0, 0.1) is 0 Å². The van der Waals surface area contributed by atoms with Crippen LogP contribution in [0.1, 0.15) is 20.8 Å². The number of nitrogens with two attached hydrogens (primary N) is 1. The van der Waals surface area contributed by atoms with E-state index in [9.17, 15) is 4.21 Å². The van der Waals surface area contributed by atoms with Crippen LogP contribution in [0.15, 0.2) is 37.7 Å². The van der Waals surface area contributed by atoms with Crippen molar-refractivity contribution in [3.63, 3.8) is 0 Å². The molecule has 1 atom stereocenters. The minimum Gasteiger partial charge on any atom is -0.261 e. The van der Waals surface area contributed by atoms with E-state index in [0.29, 0.717) is 4.90 Å². The molecule has 0 saturated carbocycles. The first-order valence-corrected chi connectivity index (χ1v) is 11.1. The minimum absolute atomic E-state index is 0.0288. The quantitative estimate of drug-likeness (QED) is 0.801. The summed E-state index contributed by atoms with van der Waals surface area (Å²) < 4.78 is 18.0. The fourth-order valence-corrected chi connectivity index (χ4v) is 6.53. The van der Waals surface area contributed by atoms with Gasteiger partial charge in [-0.05, 0) is 36.3 Å². The maximum absolute atomic E-state index is 12.6. The third-order valence-electron chi connectivity index (χ3n) is 3.33. The van der Waals surface area contributed by atoms with Crippen LogP contribution in [0.3, 0.4) is 0 Å². The summed E-state index contributed by atoms with van der Waals surface area (Å²) in [7, 11) is -4.85. The Bertz CT molecular complexity index is 557. The van der Waals surface area contributed by atoms with Gasteiger partial charge in [-0.15, -0.1) is 0 Å². The number of halogens is 1. The number of hydrogen-bond donors (Lipinski definition) is 1. The maximum Gasteiger partial charge on any atom is 0.195 e.